The molecule has 3 N–H and O–H groups in total. The molecule has 0 aromatic heterocycles. The number of carbonyl (C=O) groups excluding carboxylic acids is 1. The van der Waals surface area contributed by atoms with Crippen LogP contribution in [-0.4, -0.2) is 18.9 Å². The summed E-state index contributed by atoms with van der Waals surface area (Å²) in [7, 11) is 1.90. The summed E-state index contributed by atoms with van der Waals surface area (Å²) in [4.78, 5) is 8.81. The van der Waals surface area contributed by atoms with Crippen LogP contribution in [0.5, 0.6) is 0 Å². The van der Waals surface area contributed by atoms with Gasteiger partial charge < -0.3 is 15.8 Å². The van der Waals surface area contributed by atoms with Crippen molar-refractivity contribution in [2.24, 2.45) is 0 Å². The molecule has 0 heterocycles. The van der Waals surface area contributed by atoms with E-state index in [0.717, 1.165) is 17.5 Å². The highest BCUT2D eigenvalue weighted by Gasteiger charge is 2.08. The molecular weight excluding hydrogens is 212 g/mol. The Bertz CT molecular complexity index is 396. The van der Waals surface area contributed by atoms with Gasteiger partial charge >= 0.3 is 0 Å². The highest BCUT2D eigenvalue weighted by Crippen LogP contribution is 2.05. The number of benzene rings is 1. The minimum atomic E-state index is -0.151. The standard InChI is InChI=1S/C12H16N2.C2H4O/c1-12(2,14-3)9-8-10-4-6-11(13)7-5-10;1-2-3/h4-7,14H,13H2,1-3H3;2H,1H3. The van der Waals surface area contributed by atoms with Gasteiger partial charge in [-0.15, -0.1) is 0 Å². The van der Waals surface area contributed by atoms with E-state index in [9.17, 15) is 0 Å². The lowest BCUT2D eigenvalue weighted by Gasteiger charge is -2.15. The number of hydrogen-bond acceptors (Lipinski definition) is 3. The molecule has 1 aromatic carbocycles. The monoisotopic (exact) mass is 232 g/mol. The van der Waals surface area contributed by atoms with Crippen LogP contribution in [0.15, 0.2) is 24.3 Å². The molecule has 0 aliphatic rings. The fraction of sp³-hybridized carbons (Fsp3) is 0.357. The lowest BCUT2D eigenvalue weighted by Crippen LogP contribution is -2.34. The molecule has 3 nitrogen and oxygen atoms in total. The Hall–Kier alpha value is -1.79. The molecule has 0 radical (unpaired) electrons. The lowest BCUT2D eigenvalue weighted by molar-refractivity contribution is -0.106. The van der Waals surface area contributed by atoms with E-state index in [1.54, 1.807) is 0 Å². The average Bonchev–Trinajstić information content (AvgIpc) is 2.30. The van der Waals surface area contributed by atoms with E-state index < -0.39 is 0 Å². The zero-order valence-electron chi connectivity index (χ0n) is 10.9. The summed E-state index contributed by atoms with van der Waals surface area (Å²) in [6.07, 6.45) is 0.750. The third-order valence-corrected chi connectivity index (χ3v) is 2.06. The molecule has 0 saturated heterocycles. The molecule has 0 amide bonds. The van der Waals surface area contributed by atoms with E-state index in [-0.39, 0.29) is 5.54 Å². The van der Waals surface area contributed by atoms with Crippen LogP contribution in [0.3, 0.4) is 0 Å². The second-order valence-corrected chi connectivity index (χ2v) is 3.98. The van der Waals surface area contributed by atoms with Crippen molar-refractivity contribution < 1.29 is 4.79 Å². The second-order valence-electron chi connectivity index (χ2n) is 3.98. The zero-order chi connectivity index (χ0) is 13.3. The topological polar surface area (TPSA) is 55.1 Å². The summed E-state index contributed by atoms with van der Waals surface area (Å²) in [5.74, 6) is 6.24. The summed E-state index contributed by atoms with van der Waals surface area (Å²) in [5, 5.41) is 3.12. The van der Waals surface area contributed by atoms with Gasteiger partial charge in [-0.05, 0) is 52.1 Å². The maximum Gasteiger partial charge on any atom is 0.116 e. The van der Waals surface area contributed by atoms with E-state index >= 15 is 0 Å². The first-order chi connectivity index (χ1) is 7.95. The molecule has 92 valence electrons. The number of carbonyl (C=O) groups is 1. The second kappa shape index (κ2) is 7.48. The average molecular weight is 232 g/mol. The van der Waals surface area contributed by atoms with Crippen molar-refractivity contribution in [3.63, 3.8) is 0 Å². The molecule has 0 aliphatic carbocycles. The number of anilines is 1. The number of hydrogen-bond donors (Lipinski definition) is 2. The third-order valence-electron chi connectivity index (χ3n) is 2.06. The molecule has 0 bridgehead atoms. The van der Waals surface area contributed by atoms with Crippen molar-refractivity contribution in [1.29, 1.82) is 0 Å². The summed E-state index contributed by atoms with van der Waals surface area (Å²) >= 11 is 0. The fourth-order valence-electron chi connectivity index (χ4n) is 0.857. The van der Waals surface area contributed by atoms with E-state index in [1.165, 1.54) is 6.92 Å². The predicted molar refractivity (Wildman–Crippen MR) is 72.6 cm³/mol. The van der Waals surface area contributed by atoms with Crippen LogP contribution in [0.2, 0.25) is 0 Å². The molecule has 1 aromatic rings. The number of nitrogen functional groups attached to an aromatic ring is 1. The van der Waals surface area contributed by atoms with Gasteiger partial charge in [-0.3, -0.25) is 0 Å². The fourth-order valence-corrected chi connectivity index (χ4v) is 0.857. The van der Waals surface area contributed by atoms with Gasteiger partial charge in [0.1, 0.15) is 6.29 Å². The van der Waals surface area contributed by atoms with Crippen molar-refractivity contribution in [1.82, 2.24) is 5.32 Å². The molecule has 1 rings (SSSR count). The summed E-state index contributed by atoms with van der Waals surface area (Å²) in [6, 6.07) is 7.56. The molecular formula is C14H20N2O. The van der Waals surface area contributed by atoms with Crippen LogP contribution in [0.1, 0.15) is 26.3 Å². The molecule has 0 fully saturated rings. The van der Waals surface area contributed by atoms with Gasteiger partial charge in [-0.1, -0.05) is 11.8 Å². The number of nitrogens with two attached hydrogens (primary N) is 1. The van der Waals surface area contributed by atoms with Gasteiger partial charge in [0, 0.05) is 11.3 Å². The number of rotatable bonds is 1. The molecule has 0 atom stereocenters. The van der Waals surface area contributed by atoms with Gasteiger partial charge in [0.15, 0.2) is 0 Å². The minimum Gasteiger partial charge on any atom is -0.399 e. The first-order valence-electron chi connectivity index (χ1n) is 5.42. The molecule has 0 saturated carbocycles. The van der Waals surface area contributed by atoms with Gasteiger partial charge in [0.25, 0.3) is 0 Å². The molecule has 0 aliphatic heterocycles. The van der Waals surface area contributed by atoms with Crippen molar-refractivity contribution in [2.75, 3.05) is 12.8 Å². The summed E-state index contributed by atoms with van der Waals surface area (Å²) in [5.41, 5.74) is 7.18. The Labute approximate surface area is 103 Å². The van der Waals surface area contributed by atoms with Crippen molar-refractivity contribution in [3.05, 3.63) is 29.8 Å². The highest BCUT2D eigenvalue weighted by molar-refractivity contribution is 5.45. The largest absolute Gasteiger partial charge is 0.399 e. The maximum absolute atomic E-state index is 8.81. The molecule has 3 heteroatoms. The Morgan fingerprint density at radius 2 is 1.76 bits per heavy atom. The minimum absolute atomic E-state index is 0.151. The summed E-state index contributed by atoms with van der Waals surface area (Å²) < 4.78 is 0. The van der Waals surface area contributed by atoms with Crippen molar-refractivity contribution in [2.45, 2.75) is 26.3 Å². The van der Waals surface area contributed by atoms with E-state index in [2.05, 4.69) is 17.2 Å². The highest BCUT2D eigenvalue weighted by atomic mass is 16.1. The Kier molecular flexibility index (Phi) is 6.69. The SMILES string of the molecule is CC=O.CNC(C)(C)C#Cc1ccc(N)cc1. The molecule has 17 heavy (non-hydrogen) atoms. The van der Waals surface area contributed by atoms with Crippen molar-refractivity contribution >= 4 is 12.0 Å². The number of nitrogens with one attached hydrogen (secondary N) is 1. The van der Waals surface area contributed by atoms with E-state index in [1.807, 2.05) is 45.2 Å². The normalized spacial score (nSPS) is 9.41. The van der Waals surface area contributed by atoms with Crippen LogP contribution in [0.25, 0.3) is 0 Å². The Morgan fingerprint density at radius 1 is 1.29 bits per heavy atom. The maximum atomic E-state index is 8.81. The first-order valence-corrected chi connectivity index (χ1v) is 5.42. The van der Waals surface area contributed by atoms with E-state index in [4.69, 9.17) is 10.5 Å². The quantitative estimate of drug-likeness (QED) is 0.441. The van der Waals surface area contributed by atoms with Gasteiger partial charge in [0.05, 0.1) is 5.54 Å². The third kappa shape index (κ3) is 7.15. The number of aldehydes is 1. The van der Waals surface area contributed by atoms with Crippen LogP contribution >= 0.6 is 0 Å². The van der Waals surface area contributed by atoms with Crippen LogP contribution in [0, 0.1) is 11.8 Å². The van der Waals surface area contributed by atoms with Crippen LogP contribution in [0.4, 0.5) is 5.69 Å². The molecule has 0 unspecified atom stereocenters. The van der Waals surface area contributed by atoms with Gasteiger partial charge in [-0.2, -0.15) is 0 Å². The van der Waals surface area contributed by atoms with E-state index in [0.29, 0.717) is 0 Å². The van der Waals surface area contributed by atoms with Crippen LogP contribution in [-0.2, 0) is 4.79 Å². The first kappa shape index (κ1) is 15.2. The lowest BCUT2D eigenvalue weighted by atomic mass is 10.1. The smallest absolute Gasteiger partial charge is 0.116 e. The molecule has 0 spiro atoms. The Balaban J connectivity index is 0.000000770. The predicted octanol–water partition coefficient (Wildman–Crippen LogP) is 1.82. The summed E-state index contributed by atoms with van der Waals surface area (Å²) in [6.45, 7) is 5.52. The van der Waals surface area contributed by atoms with Crippen molar-refractivity contribution in [3.8, 4) is 11.8 Å². The van der Waals surface area contributed by atoms with Gasteiger partial charge in [-0.25, -0.2) is 0 Å². The van der Waals surface area contributed by atoms with Crippen LogP contribution < -0.4 is 11.1 Å². The van der Waals surface area contributed by atoms with Gasteiger partial charge in [0.2, 0.25) is 0 Å². The Morgan fingerprint density at radius 3 is 2.18 bits per heavy atom. The zero-order valence-corrected chi connectivity index (χ0v) is 10.9.